The molecule has 3 nitrogen and oxygen atoms in total. The number of aromatic hydroxyl groups is 1. The van der Waals surface area contributed by atoms with Crippen LogP contribution in [0.25, 0.3) is 6.08 Å². The quantitative estimate of drug-likeness (QED) is 0.378. The molecule has 2 rings (SSSR count). The molecule has 0 saturated carbocycles. The van der Waals surface area contributed by atoms with Crippen molar-refractivity contribution in [1.29, 1.82) is 0 Å². The van der Waals surface area contributed by atoms with Crippen LogP contribution in [0.15, 0.2) is 77.9 Å². The molecule has 0 unspecified atom stereocenters. The fourth-order valence-electron chi connectivity index (χ4n) is 3.15. The highest BCUT2D eigenvalue weighted by molar-refractivity contribution is 5.59. The Morgan fingerprint density at radius 2 is 1.74 bits per heavy atom. The van der Waals surface area contributed by atoms with Gasteiger partial charge in [-0.25, -0.2) is 0 Å². The van der Waals surface area contributed by atoms with E-state index >= 15 is 0 Å². The van der Waals surface area contributed by atoms with Crippen LogP contribution < -0.4 is 4.74 Å². The number of aliphatic hydroxyl groups is 1. The molecule has 0 radical (unpaired) electrons. The lowest BCUT2D eigenvalue weighted by molar-refractivity contribution is 0.104. The van der Waals surface area contributed by atoms with Crippen molar-refractivity contribution < 1.29 is 14.9 Å². The van der Waals surface area contributed by atoms with Crippen molar-refractivity contribution in [2.45, 2.75) is 65.6 Å². The SMILES string of the molecule is CC(C)=CCC/C(C)=C/CC[C@](C)(O)/C=C/c1cc(OCc2ccccc2)ccc1O. The minimum atomic E-state index is -0.954. The highest BCUT2D eigenvalue weighted by Crippen LogP contribution is 2.27. The summed E-state index contributed by atoms with van der Waals surface area (Å²) in [4.78, 5) is 0. The fraction of sp³-hybridized carbons (Fsp3) is 0.357. The molecule has 31 heavy (non-hydrogen) atoms. The van der Waals surface area contributed by atoms with E-state index in [0.29, 0.717) is 24.3 Å². The lowest BCUT2D eigenvalue weighted by Crippen LogP contribution is -2.19. The zero-order chi connectivity index (χ0) is 22.7. The van der Waals surface area contributed by atoms with E-state index in [1.54, 1.807) is 37.3 Å². The van der Waals surface area contributed by atoms with Crippen LogP contribution in [0.3, 0.4) is 0 Å². The van der Waals surface area contributed by atoms with E-state index < -0.39 is 5.60 Å². The molecule has 0 saturated heterocycles. The Labute approximate surface area is 187 Å². The fourth-order valence-corrected chi connectivity index (χ4v) is 3.15. The van der Waals surface area contributed by atoms with Gasteiger partial charge in [-0.1, -0.05) is 65.8 Å². The number of hydrogen-bond donors (Lipinski definition) is 2. The van der Waals surface area contributed by atoms with Gasteiger partial charge >= 0.3 is 0 Å². The molecule has 0 aliphatic rings. The third kappa shape index (κ3) is 9.71. The summed E-state index contributed by atoms with van der Waals surface area (Å²) >= 11 is 0. The highest BCUT2D eigenvalue weighted by atomic mass is 16.5. The Bertz CT molecular complexity index is 901. The molecule has 0 aliphatic heterocycles. The smallest absolute Gasteiger partial charge is 0.123 e. The largest absolute Gasteiger partial charge is 0.507 e. The van der Waals surface area contributed by atoms with Gasteiger partial charge in [-0.2, -0.15) is 0 Å². The molecule has 0 aromatic heterocycles. The highest BCUT2D eigenvalue weighted by Gasteiger charge is 2.15. The van der Waals surface area contributed by atoms with Crippen LogP contribution in [0, 0.1) is 0 Å². The van der Waals surface area contributed by atoms with Gasteiger partial charge in [0.2, 0.25) is 0 Å². The maximum atomic E-state index is 10.7. The topological polar surface area (TPSA) is 49.7 Å². The number of benzene rings is 2. The van der Waals surface area contributed by atoms with Crippen LogP contribution in [0.5, 0.6) is 11.5 Å². The van der Waals surface area contributed by atoms with E-state index in [-0.39, 0.29) is 5.75 Å². The second-order valence-corrected chi connectivity index (χ2v) is 8.59. The number of hydrogen-bond acceptors (Lipinski definition) is 3. The second-order valence-electron chi connectivity index (χ2n) is 8.59. The predicted molar refractivity (Wildman–Crippen MR) is 130 cm³/mol. The van der Waals surface area contributed by atoms with Gasteiger partial charge in [0.1, 0.15) is 18.1 Å². The summed E-state index contributed by atoms with van der Waals surface area (Å²) in [5.74, 6) is 0.838. The summed E-state index contributed by atoms with van der Waals surface area (Å²) in [6.07, 6.45) is 11.5. The molecule has 2 N–H and O–H groups in total. The van der Waals surface area contributed by atoms with Crippen molar-refractivity contribution in [1.82, 2.24) is 0 Å². The number of allylic oxidation sites excluding steroid dienone is 4. The average Bonchev–Trinajstić information content (AvgIpc) is 2.72. The van der Waals surface area contributed by atoms with Gasteiger partial charge in [0.25, 0.3) is 0 Å². The Hall–Kier alpha value is -2.78. The monoisotopic (exact) mass is 420 g/mol. The predicted octanol–water partition coefficient (Wildman–Crippen LogP) is 7.21. The van der Waals surface area contributed by atoms with E-state index in [4.69, 9.17) is 4.74 Å². The second kappa shape index (κ2) is 12.2. The van der Waals surface area contributed by atoms with Crippen molar-refractivity contribution in [2.75, 3.05) is 0 Å². The van der Waals surface area contributed by atoms with Crippen LogP contribution >= 0.6 is 0 Å². The van der Waals surface area contributed by atoms with Crippen molar-refractivity contribution in [2.24, 2.45) is 0 Å². The average molecular weight is 421 g/mol. The molecular weight excluding hydrogens is 384 g/mol. The first-order valence-electron chi connectivity index (χ1n) is 11.0. The standard InChI is InChI=1S/C28H36O3/c1-22(2)10-8-11-23(3)12-9-18-28(4,30)19-17-25-20-26(15-16-27(25)29)31-21-24-13-6-5-7-14-24/h5-7,10,12-17,19-20,29-30H,8-9,11,18,21H2,1-4H3/b19-17+,23-12+/t28-/m0/s1. The molecule has 0 heterocycles. The number of phenols is 1. The van der Waals surface area contributed by atoms with Gasteiger partial charge in [0.15, 0.2) is 0 Å². The lowest BCUT2D eigenvalue weighted by Gasteiger charge is -2.18. The zero-order valence-corrected chi connectivity index (χ0v) is 19.3. The van der Waals surface area contributed by atoms with E-state index in [2.05, 4.69) is 32.9 Å². The zero-order valence-electron chi connectivity index (χ0n) is 19.3. The minimum Gasteiger partial charge on any atom is -0.507 e. The summed E-state index contributed by atoms with van der Waals surface area (Å²) in [6.45, 7) is 8.63. The van der Waals surface area contributed by atoms with Gasteiger partial charge in [-0.05, 0) is 77.1 Å². The summed E-state index contributed by atoms with van der Waals surface area (Å²) in [6, 6.07) is 15.1. The lowest BCUT2D eigenvalue weighted by atomic mass is 9.97. The molecule has 0 aliphatic carbocycles. The van der Waals surface area contributed by atoms with Crippen molar-refractivity contribution >= 4 is 6.08 Å². The van der Waals surface area contributed by atoms with Gasteiger partial charge < -0.3 is 14.9 Å². The minimum absolute atomic E-state index is 0.161. The van der Waals surface area contributed by atoms with Crippen molar-refractivity contribution in [3.63, 3.8) is 0 Å². The van der Waals surface area contributed by atoms with Crippen molar-refractivity contribution in [3.05, 3.63) is 89.0 Å². The maximum Gasteiger partial charge on any atom is 0.123 e. The van der Waals surface area contributed by atoms with E-state index in [1.807, 2.05) is 30.3 Å². The first-order valence-corrected chi connectivity index (χ1v) is 11.0. The Balaban J connectivity index is 1.92. The summed E-state index contributed by atoms with van der Waals surface area (Å²) in [7, 11) is 0. The molecular formula is C28H36O3. The van der Waals surface area contributed by atoms with E-state index in [0.717, 1.165) is 24.8 Å². The molecule has 1 atom stereocenters. The third-order valence-electron chi connectivity index (χ3n) is 5.10. The Kier molecular flexibility index (Phi) is 9.61. The molecule has 3 heteroatoms. The summed E-state index contributed by atoms with van der Waals surface area (Å²) < 4.78 is 5.84. The number of ether oxygens (including phenoxy) is 1. The van der Waals surface area contributed by atoms with Gasteiger partial charge in [0.05, 0.1) is 5.60 Å². The number of rotatable bonds is 11. The van der Waals surface area contributed by atoms with Crippen LogP contribution in [-0.2, 0) is 6.61 Å². The summed E-state index contributed by atoms with van der Waals surface area (Å²) in [5, 5.41) is 20.9. The molecule has 0 bridgehead atoms. The van der Waals surface area contributed by atoms with Gasteiger partial charge in [-0.15, -0.1) is 0 Å². The molecule has 0 fully saturated rings. The van der Waals surface area contributed by atoms with Crippen LogP contribution in [0.2, 0.25) is 0 Å². The third-order valence-corrected chi connectivity index (χ3v) is 5.10. The van der Waals surface area contributed by atoms with Gasteiger partial charge in [-0.3, -0.25) is 0 Å². The molecule has 2 aromatic rings. The molecule has 2 aromatic carbocycles. The van der Waals surface area contributed by atoms with Crippen LogP contribution in [-0.4, -0.2) is 15.8 Å². The Morgan fingerprint density at radius 3 is 2.45 bits per heavy atom. The molecule has 0 spiro atoms. The molecule has 166 valence electrons. The Morgan fingerprint density at radius 1 is 1.00 bits per heavy atom. The van der Waals surface area contributed by atoms with Crippen LogP contribution in [0.4, 0.5) is 0 Å². The first-order chi connectivity index (χ1) is 14.7. The van der Waals surface area contributed by atoms with Crippen molar-refractivity contribution in [3.8, 4) is 11.5 Å². The molecule has 0 amide bonds. The summed E-state index contributed by atoms with van der Waals surface area (Å²) in [5.41, 5.74) is 3.44. The first kappa shape index (κ1) is 24.5. The normalized spacial score (nSPS) is 13.8. The van der Waals surface area contributed by atoms with E-state index in [9.17, 15) is 10.2 Å². The maximum absolute atomic E-state index is 10.7. The van der Waals surface area contributed by atoms with E-state index in [1.165, 1.54) is 11.1 Å². The number of phenolic OH excluding ortho intramolecular Hbond substituents is 1. The van der Waals surface area contributed by atoms with Crippen LogP contribution in [0.1, 0.15) is 64.5 Å². The van der Waals surface area contributed by atoms with Gasteiger partial charge in [0, 0.05) is 5.56 Å².